The molecule has 1 aliphatic rings. The maximum atomic E-state index is 3.86. The van der Waals surface area contributed by atoms with Crippen molar-refractivity contribution < 1.29 is 4.58 Å². The summed E-state index contributed by atoms with van der Waals surface area (Å²) in [6, 6.07) is 1.27. The van der Waals surface area contributed by atoms with Crippen molar-refractivity contribution in [2.45, 2.75) is 21.3 Å². The van der Waals surface area contributed by atoms with Crippen molar-refractivity contribution in [1.82, 2.24) is 0 Å². The normalized spacial score (nSPS) is 15.5. The van der Waals surface area contributed by atoms with Crippen LogP contribution >= 0.6 is 0 Å². The highest BCUT2D eigenvalue weighted by atomic mass is 15.0. The highest BCUT2D eigenvalue weighted by Crippen LogP contribution is 2.18. The van der Waals surface area contributed by atoms with Gasteiger partial charge in [0.2, 0.25) is 0 Å². The van der Waals surface area contributed by atoms with Crippen LogP contribution in [0.2, 0.25) is 0 Å². The first kappa shape index (κ1) is 10.0. The zero-order valence-corrected chi connectivity index (χ0v) is 6.54. The van der Waals surface area contributed by atoms with Gasteiger partial charge in [-0.3, -0.25) is 4.58 Å². The van der Waals surface area contributed by atoms with Gasteiger partial charge in [-0.25, -0.2) is 0 Å². The number of rotatable bonds is 1. The molecule has 0 unspecified atom stereocenters. The molecule has 1 nitrogen and oxygen atoms in total. The predicted octanol–water partition coefficient (Wildman–Crippen LogP) is 2.61. The van der Waals surface area contributed by atoms with Crippen LogP contribution in [0.3, 0.4) is 0 Å². The first-order chi connectivity index (χ1) is 4.72. The molecule has 0 amide bonds. The van der Waals surface area contributed by atoms with Crippen molar-refractivity contribution in [3.63, 3.8) is 0 Å². The predicted molar refractivity (Wildman–Crippen MR) is 50.5 cm³/mol. The monoisotopic (exact) mass is 151 g/mol. The first-order valence-corrected chi connectivity index (χ1v) is 3.53. The lowest BCUT2D eigenvalue weighted by Gasteiger charge is -2.19. The second-order valence-electron chi connectivity index (χ2n) is 2.75. The molecule has 0 radical (unpaired) electrons. The Morgan fingerprint density at radius 2 is 2.00 bits per heavy atom. The average molecular weight is 151 g/mol. The van der Waals surface area contributed by atoms with Crippen LogP contribution in [-0.2, 0) is 0 Å². The average Bonchev–Trinajstić information content (AvgIpc) is 1.88. The summed E-state index contributed by atoms with van der Waals surface area (Å²) >= 11 is 0. The van der Waals surface area contributed by atoms with Crippen molar-refractivity contribution in [3.05, 3.63) is 30.5 Å². The van der Waals surface area contributed by atoms with Crippen LogP contribution < -0.4 is 0 Å². The minimum atomic E-state index is 0. The summed E-state index contributed by atoms with van der Waals surface area (Å²) in [5.41, 5.74) is 0. The number of nitrogens with zero attached hydrogens (tertiary/aromatic N) is 1. The fourth-order valence-corrected chi connectivity index (χ4v) is 1.01. The molecular formula is C10H17N. The molecule has 0 N–H and O–H groups in total. The Morgan fingerprint density at radius 3 is 2.36 bits per heavy atom. The van der Waals surface area contributed by atoms with Crippen LogP contribution in [0.15, 0.2) is 24.4 Å². The van der Waals surface area contributed by atoms with E-state index in [0.29, 0.717) is 5.92 Å². The Kier molecular flexibility index (Phi) is 3.66. The SMILES string of the molecule is C.C=[N+]1C=CC=C[C-]1C(C)C. The standard InChI is InChI=1S/C9H13N.CH4/c1-8(2)9-6-4-5-7-10(9)3;/h4-8H,3H2,1-2H3;1H4. The molecule has 11 heavy (non-hydrogen) atoms. The molecular weight excluding hydrogens is 134 g/mol. The summed E-state index contributed by atoms with van der Waals surface area (Å²) in [7, 11) is 0. The Hall–Kier alpha value is -0.980. The fraction of sp³-hybridized carbons (Fsp3) is 0.400. The maximum absolute atomic E-state index is 3.86. The number of hydrogen-bond donors (Lipinski definition) is 0. The second kappa shape index (κ2) is 4.02. The summed E-state index contributed by atoms with van der Waals surface area (Å²) in [6.45, 7) is 8.19. The molecule has 0 atom stereocenters. The molecule has 0 bridgehead atoms. The molecule has 0 saturated carbocycles. The lowest BCUT2D eigenvalue weighted by molar-refractivity contribution is -0.433. The van der Waals surface area contributed by atoms with E-state index in [-0.39, 0.29) is 7.43 Å². The van der Waals surface area contributed by atoms with E-state index in [2.05, 4.69) is 26.6 Å². The van der Waals surface area contributed by atoms with Crippen molar-refractivity contribution >= 4 is 6.72 Å². The zero-order chi connectivity index (χ0) is 7.56. The van der Waals surface area contributed by atoms with E-state index >= 15 is 0 Å². The van der Waals surface area contributed by atoms with Gasteiger partial charge in [0, 0.05) is 5.92 Å². The molecule has 0 spiro atoms. The van der Waals surface area contributed by atoms with Crippen LogP contribution in [0.4, 0.5) is 0 Å². The Labute approximate surface area is 69.7 Å². The van der Waals surface area contributed by atoms with Gasteiger partial charge in [0.15, 0.2) is 0 Å². The van der Waals surface area contributed by atoms with Crippen molar-refractivity contribution in [3.8, 4) is 0 Å². The molecule has 1 heteroatoms. The molecule has 62 valence electrons. The molecule has 0 aromatic rings. The van der Waals surface area contributed by atoms with Crippen LogP contribution in [0.25, 0.3) is 0 Å². The van der Waals surface area contributed by atoms with Crippen molar-refractivity contribution in [1.29, 1.82) is 0 Å². The molecule has 0 aromatic heterocycles. The van der Waals surface area contributed by atoms with Gasteiger partial charge in [0.1, 0.15) is 6.04 Å². The number of hydrogen-bond acceptors (Lipinski definition) is 0. The quantitative estimate of drug-likeness (QED) is 0.400. The van der Waals surface area contributed by atoms with Gasteiger partial charge in [0.05, 0.1) is 12.9 Å². The van der Waals surface area contributed by atoms with E-state index in [1.54, 1.807) is 0 Å². The maximum Gasteiger partial charge on any atom is 0.102 e. The van der Waals surface area contributed by atoms with E-state index in [4.69, 9.17) is 0 Å². The molecule has 0 saturated heterocycles. The Bertz CT molecular complexity index is 187. The van der Waals surface area contributed by atoms with Crippen LogP contribution in [0, 0.1) is 12.0 Å². The van der Waals surface area contributed by atoms with Crippen LogP contribution in [0.5, 0.6) is 0 Å². The third kappa shape index (κ3) is 2.26. The van der Waals surface area contributed by atoms with Crippen LogP contribution in [-0.4, -0.2) is 11.3 Å². The fourth-order valence-electron chi connectivity index (χ4n) is 1.01. The molecule has 0 aromatic carbocycles. The smallest absolute Gasteiger partial charge is 0.102 e. The van der Waals surface area contributed by atoms with Gasteiger partial charge in [0.25, 0.3) is 0 Å². The lowest BCUT2D eigenvalue weighted by Crippen LogP contribution is -2.16. The van der Waals surface area contributed by atoms with E-state index in [1.165, 1.54) is 6.04 Å². The van der Waals surface area contributed by atoms with E-state index in [9.17, 15) is 0 Å². The van der Waals surface area contributed by atoms with Gasteiger partial charge >= 0.3 is 0 Å². The molecule has 0 fully saturated rings. The molecule has 1 heterocycles. The largest absolute Gasteiger partial charge is 0.298 e. The lowest BCUT2D eigenvalue weighted by atomic mass is 10.0. The van der Waals surface area contributed by atoms with E-state index < -0.39 is 0 Å². The van der Waals surface area contributed by atoms with E-state index in [0.717, 1.165) is 0 Å². The van der Waals surface area contributed by atoms with Gasteiger partial charge < -0.3 is 0 Å². The summed E-state index contributed by atoms with van der Waals surface area (Å²) in [5.74, 6) is 0.554. The Morgan fingerprint density at radius 1 is 1.36 bits per heavy atom. The van der Waals surface area contributed by atoms with Crippen LogP contribution in [0.1, 0.15) is 21.3 Å². The van der Waals surface area contributed by atoms with Crippen molar-refractivity contribution in [2.75, 3.05) is 0 Å². The summed E-state index contributed by atoms with van der Waals surface area (Å²) in [6.07, 6.45) is 8.09. The minimum absolute atomic E-state index is 0. The third-order valence-corrected chi connectivity index (χ3v) is 1.57. The topological polar surface area (TPSA) is 3.01 Å². The zero-order valence-electron chi connectivity index (χ0n) is 6.54. The van der Waals surface area contributed by atoms with Crippen molar-refractivity contribution in [2.24, 2.45) is 5.92 Å². The second-order valence-corrected chi connectivity index (χ2v) is 2.75. The highest BCUT2D eigenvalue weighted by molar-refractivity contribution is 5.24. The van der Waals surface area contributed by atoms with Gasteiger partial charge in [-0.05, 0) is 0 Å². The highest BCUT2D eigenvalue weighted by Gasteiger charge is 2.13. The summed E-state index contributed by atoms with van der Waals surface area (Å²) in [4.78, 5) is 0. The Balaban J connectivity index is 0.000001000. The first-order valence-electron chi connectivity index (χ1n) is 3.53. The molecule has 0 aliphatic carbocycles. The van der Waals surface area contributed by atoms with Gasteiger partial charge in [-0.15, -0.1) is 6.08 Å². The molecule has 1 aliphatic heterocycles. The van der Waals surface area contributed by atoms with Gasteiger partial charge in [-0.1, -0.05) is 33.4 Å². The molecule has 1 rings (SSSR count). The van der Waals surface area contributed by atoms with E-state index in [1.807, 2.05) is 22.9 Å². The number of allylic oxidation sites excluding steroid dienone is 2. The van der Waals surface area contributed by atoms with Gasteiger partial charge in [-0.2, -0.15) is 0 Å². The third-order valence-electron chi connectivity index (χ3n) is 1.57. The minimum Gasteiger partial charge on any atom is -0.298 e. The summed E-state index contributed by atoms with van der Waals surface area (Å²) < 4.78 is 1.91. The summed E-state index contributed by atoms with van der Waals surface area (Å²) in [5, 5.41) is 0.